The number of hydrogen-bond donors (Lipinski definition) is 1. The zero-order chi connectivity index (χ0) is 19.4. The van der Waals surface area contributed by atoms with Crippen molar-refractivity contribution in [3.8, 4) is 17.4 Å². The predicted octanol–water partition coefficient (Wildman–Crippen LogP) is 6.45. The molecule has 2 aromatic carbocycles. The van der Waals surface area contributed by atoms with E-state index in [0.717, 1.165) is 5.56 Å². The minimum absolute atomic E-state index is 0.141. The molecule has 0 bridgehead atoms. The number of carbonyl (C=O) groups is 1. The summed E-state index contributed by atoms with van der Waals surface area (Å²) in [4.78, 5) is 12.4. The van der Waals surface area contributed by atoms with Gasteiger partial charge in [-0.2, -0.15) is 5.26 Å². The highest BCUT2D eigenvalue weighted by Gasteiger charge is 2.13. The molecule has 1 heterocycles. The molecule has 0 spiro atoms. The Hall–Kier alpha value is -2.71. The van der Waals surface area contributed by atoms with Crippen LogP contribution < -0.4 is 5.32 Å². The number of furan rings is 1. The number of nitrogens with zero attached hydrogens (tertiary/aromatic N) is 1. The highest BCUT2D eigenvalue weighted by molar-refractivity contribution is 6.36. The zero-order valence-corrected chi connectivity index (χ0v) is 15.9. The van der Waals surface area contributed by atoms with Crippen LogP contribution in [0.5, 0.6) is 0 Å². The van der Waals surface area contributed by atoms with Crippen molar-refractivity contribution in [3.63, 3.8) is 0 Å². The van der Waals surface area contributed by atoms with Crippen LogP contribution in [0.15, 0.2) is 64.6 Å². The van der Waals surface area contributed by atoms with Crippen molar-refractivity contribution in [1.82, 2.24) is 0 Å². The van der Waals surface area contributed by atoms with Crippen LogP contribution in [-0.2, 0) is 4.79 Å². The number of anilines is 1. The lowest BCUT2D eigenvalue weighted by Crippen LogP contribution is -2.13. The van der Waals surface area contributed by atoms with Gasteiger partial charge in [-0.15, -0.1) is 0 Å². The first-order valence-corrected chi connectivity index (χ1v) is 8.83. The van der Waals surface area contributed by atoms with Crippen LogP contribution in [0.4, 0.5) is 5.69 Å². The fourth-order valence-electron chi connectivity index (χ4n) is 2.30. The minimum Gasteiger partial charge on any atom is -0.457 e. The standard InChI is InChI=1S/C20H11Cl3N2O2/c21-14-3-1-2-12(8-14)19-7-5-16(27-19)9-13(11-24)20(26)25-18-10-15(22)4-6-17(18)23/h1-10H,(H,25,26)/b13-9+. The van der Waals surface area contributed by atoms with Gasteiger partial charge in [0.1, 0.15) is 23.2 Å². The van der Waals surface area contributed by atoms with Crippen molar-refractivity contribution < 1.29 is 9.21 Å². The quantitative estimate of drug-likeness (QED) is 0.392. The van der Waals surface area contributed by atoms with E-state index in [2.05, 4.69) is 5.32 Å². The Morgan fingerprint density at radius 3 is 2.56 bits per heavy atom. The molecule has 4 nitrogen and oxygen atoms in total. The summed E-state index contributed by atoms with van der Waals surface area (Å²) in [5.41, 5.74) is 0.961. The Morgan fingerprint density at radius 2 is 1.81 bits per heavy atom. The summed E-state index contributed by atoms with van der Waals surface area (Å²) in [5.74, 6) is 0.301. The second kappa shape index (κ2) is 8.32. The molecule has 1 N–H and O–H groups in total. The topological polar surface area (TPSA) is 66.0 Å². The maximum absolute atomic E-state index is 12.4. The third-order valence-corrected chi connectivity index (χ3v) is 4.36. The number of halogens is 3. The van der Waals surface area contributed by atoms with Gasteiger partial charge in [0.25, 0.3) is 5.91 Å². The third-order valence-electron chi connectivity index (χ3n) is 3.56. The van der Waals surface area contributed by atoms with Crippen molar-refractivity contribution >= 4 is 52.5 Å². The number of carbonyl (C=O) groups excluding carboxylic acids is 1. The molecule has 0 radical (unpaired) electrons. The minimum atomic E-state index is -0.623. The maximum Gasteiger partial charge on any atom is 0.266 e. The lowest BCUT2D eigenvalue weighted by atomic mass is 10.2. The molecule has 7 heteroatoms. The summed E-state index contributed by atoms with van der Waals surface area (Å²) in [7, 11) is 0. The molecule has 1 aromatic heterocycles. The monoisotopic (exact) mass is 416 g/mol. The van der Waals surface area contributed by atoms with Crippen LogP contribution >= 0.6 is 34.8 Å². The summed E-state index contributed by atoms with van der Waals surface area (Å²) < 4.78 is 5.69. The van der Waals surface area contributed by atoms with Crippen LogP contribution in [0.1, 0.15) is 5.76 Å². The average molecular weight is 418 g/mol. The zero-order valence-electron chi connectivity index (χ0n) is 13.7. The fourth-order valence-corrected chi connectivity index (χ4v) is 2.83. The van der Waals surface area contributed by atoms with Gasteiger partial charge >= 0.3 is 0 Å². The van der Waals surface area contributed by atoms with E-state index >= 15 is 0 Å². The predicted molar refractivity (Wildman–Crippen MR) is 108 cm³/mol. The lowest BCUT2D eigenvalue weighted by Gasteiger charge is -2.06. The van der Waals surface area contributed by atoms with Gasteiger partial charge < -0.3 is 9.73 Å². The summed E-state index contributed by atoms with van der Waals surface area (Å²) in [5, 5.41) is 13.2. The maximum atomic E-state index is 12.4. The number of amides is 1. The average Bonchev–Trinajstić information content (AvgIpc) is 3.11. The summed E-state index contributed by atoms with van der Waals surface area (Å²) in [6.07, 6.45) is 1.35. The molecule has 1 amide bonds. The first-order valence-electron chi connectivity index (χ1n) is 7.70. The summed E-state index contributed by atoms with van der Waals surface area (Å²) >= 11 is 17.9. The van der Waals surface area contributed by atoms with E-state index in [1.54, 1.807) is 42.5 Å². The van der Waals surface area contributed by atoms with Crippen molar-refractivity contribution in [2.45, 2.75) is 0 Å². The molecule has 134 valence electrons. The number of hydrogen-bond acceptors (Lipinski definition) is 3. The fraction of sp³-hybridized carbons (Fsp3) is 0. The van der Waals surface area contributed by atoms with E-state index in [1.165, 1.54) is 12.1 Å². The summed E-state index contributed by atoms with van der Waals surface area (Å²) in [6, 6.07) is 17.1. The van der Waals surface area contributed by atoms with Crippen molar-refractivity contribution in [3.05, 3.63) is 81.0 Å². The molecule has 0 atom stereocenters. The van der Waals surface area contributed by atoms with Gasteiger partial charge in [0, 0.05) is 21.7 Å². The van der Waals surface area contributed by atoms with E-state index in [4.69, 9.17) is 39.2 Å². The largest absolute Gasteiger partial charge is 0.457 e. The molecule has 3 rings (SSSR count). The normalized spacial score (nSPS) is 11.1. The van der Waals surface area contributed by atoms with Crippen molar-refractivity contribution in [1.29, 1.82) is 5.26 Å². The Balaban J connectivity index is 1.83. The molecule has 0 fully saturated rings. The van der Waals surface area contributed by atoms with Crippen LogP contribution in [-0.4, -0.2) is 5.91 Å². The molecule has 0 saturated heterocycles. The first-order chi connectivity index (χ1) is 13.0. The first kappa shape index (κ1) is 19.1. The van der Waals surface area contributed by atoms with Gasteiger partial charge in [-0.1, -0.05) is 46.9 Å². The molecule has 0 aliphatic carbocycles. The van der Waals surface area contributed by atoms with Gasteiger partial charge in [-0.05, 0) is 42.5 Å². The molecule has 0 aliphatic rings. The van der Waals surface area contributed by atoms with E-state index in [1.807, 2.05) is 12.1 Å². The Labute approximate surface area is 170 Å². The molecule has 0 unspecified atom stereocenters. The van der Waals surface area contributed by atoms with Crippen LogP contribution in [0.25, 0.3) is 17.4 Å². The van der Waals surface area contributed by atoms with Crippen LogP contribution in [0.2, 0.25) is 15.1 Å². The molecular formula is C20H11Cl3N2O2. The van der Waals surface area contributed by atoms with Crippen LogP contribution in [0, 0.1) is 11.3 Å². The number of benzene rings is 2. The summed E-state index contributed by atoms with van der Waals surface area (Å²) in [6.45, 7) is 0. The van der Waals surface area contributed by atoms with E-state index in [-0.39, 0.29) is 5.57 Å². The van der Waals surface area contributed by atoms with E-state index < -0.39 is 5.91 Å². The molecule has 3 aromatic rings. The Bertz CT molecular complexity index is 1080. The molecular weight excluding hydrogens is 407 g/mol. The SMILES string of the molecule is N#C/C(=C\c1ccc(-c2cccc(Cl)c2)o1)C(=O)Nc1cc(Cl)ccc1Cl. The Kier molecular flexibility index (Phi) is 5.88. The van der Waals surface area contributed by atoms with Gasteiger partial charge in [0.2, 0.25) is 0 Å². The highest BCUT2D eigenvalue weighted by Crippen LogP contribution is 2.27. The molecule has 27 heavy (non-hydrogen) atoms. The second-order valence-corrected chi connectivity index (χ2v) is 6.74. The number of rotatable bonds is 4. The third kappa shape index (κ3) is 4.72. The van der Waals surface area contributed by atoms with Crippen molar-refractivity contribution in [2.75, 3.05) is 5.32 Å². The lowest BCUT2D eigenvalue weighted by molar-refractivity contribution is -0.112. The number of nitrogens with one attached hydrogen (secondary N) is 1. The van der Waals surface area contributed by atoms with Gasteiger partial charge in [0.05, 0.1) is 10.7 Å². The van der Waals surface area contributed by atoms with Gasteiger partial charge in [0.15, 0.2) is 0 Å². The van der Waals surface area contributed by atoms with E-state index in [9.17, 15) is 10.1 Å². The highest BCUT2D eigenvalue weighted by atomic mass is 35.5. The Morgan fingerprint density at radius 1 is 1.04 bits per heavy atom. The van der Waals surface area contributed by atoms with Crippen molar-refractivity contribution in [2.24, 2.45) is 0 Å². The van der Waals surface area contributed by atoms with Gasteiger partial charge in [-0.25, -0.2) is 0 Å². The van der Waals surface area contributed by atoms with Gasteiger partial charge in [-0.3, -0.25) is 4.79 Å². The molecule has 0 saturated carbocycles. The van der Waals surface area contributed by atoms with Crippen LogP contribution in [0.3, 0.4) is 0 Å². The van der Waals surface area contributed by atoms with E-state index in [0.29, 0.717) is 32.3 Å². The molecule has 0 aliphatic heterocycles. The second-order valence-electron chi connectivity index (χ2n) is 5.46. The smallest absolute Gasteiger partial charge is 0.266 e. The number of nitriles is 1.